The zero-order chi connectivity index (χ0) is 14.0. The molecule has 0 aliphatic carbocycles. The normalized spacial score (nSPS) is 10.5. The van der Waals surface area contributed by atoms with Gasteiger partial charge in [0.15, 0.2) is 0 Å². The lowest BCUT2D eigenvalue weighted by atomic mass is 10.1. The highest BCUT2D eigenvalue weighted by atomic mass is 15.1. The molecule has 4 nitrogen and oxygen atoms in total. The summed E-state index contributed by atoms with van der Waals surface area (Å²) in [4.78, 5) is 6.61. The second-order valence-corrected chi connectivity index (χ2v) is 4.73. The number of hydrogen-bond acceptors (Lipinski definition) is 3. The van der Waals surface area contributed by atoms with Gasteiger partial charge in [0.25, 0.3) is 0 Å². The van der Waals surface area contributed by atoms with Crippen LogP contribution in [0.4, 0.5) is 11.5 Å². The fourth-order valence-corrected chi connectivity index (χ4v) is 2.07. The first-order valence-corrected chi connectivity index (χ1v) is 6.26. The third-order valence-corrected chi connectivity index (χ3v) is 3.17. The summed E-state index contributed by atoms with van der Waals surface area (Å²) in [5, 5.41) is 0. The Labute approximate surface area is 114 Å². The average molecular weight is 256 g/mol. The molecule has 1 aromatic carbocycles. The highest BCUT2D eigenvalue weighted by Crippen LogP contribution is 2.27. The minimum Gasteiger partial charge on any atom is -0.383 e. The van der Waals surface area contributed by atoms with Crippen LogP contribution in [0.5, 0.6) is 0 Å². The summed E-state index contributed by atoms with van der Waals surface area (Å²) >= 11 is 0. The van der Waals surface area contributed by atoms with E-state index in [1.807, 2.05) is 43.8 Å². The van der Waals surface area contributed by atoms with Gasteiger partial charge >= 0.3 is 0 Å². The number of imidazole rings is 1. The number of hydrogen-bond donors (Lipinski definition) is 1. The van der Waals surface area contributed by atoms with E-state index in [4.69, 9.17) is 5.73 Å². The maximum absolute atomic E-state index is 6.16. The monoisotopic (exact) mass is 256 g/mol. The average Bonchev–Trinajstić information content (AvgIpc) is 2.67. The van der Waals surface area contributed by atoms with E-state index >= 15 is 0 Å². The van der Waals surface area contributed by atoms with Crippen LogP contribution in [-0.2, 0) is 6.54 Å². The molecule has 2 N–H and O–H groups in total. The van der Waals surface area contributed by atoms with E-state index in [1.54, 1.807) is 0 Å². The largest absolute Gasteiger partial charge is 0.383 e. The summed E-state index contributed by atoms with van der Waals surface area (Å²) in [6.07, 6.45) is 1.82. The van der Waals surface area contributed by atoms with E-state index in [9.17, 15) is 0 Å². The van der Waals surface area contributed by atoms with Crippen molar-refractivity contribution in [2.75, 3.05) is 24.7 Å². The third kappa shape index (κ3) is 2.47. The Morgan fingerprint density at radius 1 is 1.32 bits per heavy atom. The van der Waals surface area contributed by atoms with Crippen LogP contribution in [0.25, 0.3) is 11.3 Å². The van der Waals surface area contributed by atoms with Crippen LogP contribution in [0.1, 0.15) is 5.82 Å². The Kier molecular flexibility index (Phi) is 3.60. The summed E-state index contributed by atoms with van der Waals surface area (Å²) < 4.78 is 1.96. The molecule has 0 radical (unpaired) electrons. The minimum absolute atomic E-state index is 0.681. The third-order valence-electron chi connectivity index (χ3n) is 3.17. The Balaban J connectivity index is 2.41. The van der Waals surface area contributed by atoms with Gasteiger partial charge in [-0.05, 0) is 19.1 Å². The fraction of sp³-hybridized carbons (Fsp3) is 0.267. The second-order valence-electron chi connectivity index (χ2n) is 4.73. The van der Waals surface area contributed by atoms with Crippen molar-refractivity contribution in [1.82, 2.24) is 9.55 Å². The molecule has 0 unspecified atom stereocenters. The molecule has 1 aromatic heterocycles. The SMILES string of the molecule is C=CCn1c(C)nc(-c2ccc(N(C)C)cc2)c1N. The summed E-state index contributed by atoms with van der Waals surface area (Å²) in [5.74, 6) is 1.60. The van der Waals surface area contributed by atoms with Gasteiger partial charge in [-0.1, -0.05) is 18.2 Å². The maximum Gasteiger partial charge on any atom is 0.132 e. The zero-order valence-electron chi connectivity index (χ0n) is 11.7. The molecule has 0 atom stereocenters. The number of nitrogen functional groups attached to an aromatic ring is 1. The molecule has 0 saturated carbocycles. The van der Waals surface area contributed by atoms with Gasteiger partial charge in [-0.25, -0.2) is 4.98 Å². The van der Waals surface area contributed by atoms with E-state index in [-0.39, 0.29) is 0 Å². The highest BCUT2D eigenvalue weighted by Gasteiger charge is 2.12. The van der Waals surface area contributed by atoms with Gasteiger partial charge < -0.3 is 15.2 Å². The second kappa shape index (κ2) is 5.18. The molecule has 0 bridgehead atoms. The predicted molar refractivity (Wildman–Crippen MR) is 81.3 cm³/mol. The molecule has 100 valence electrons. The fourth-order valence-electron chi connectivity index (χ4n) is 2.07. The van der Waals surface area contributed by atoms with Gasteiger partial charge in [-0.15, -0.1) is 6.58 Å². The van der Waals surface area contributed by atoms with Crippen LogP contribution in [0.15, 0.2) is 36.9 Å². The van der Waals surface area contributed by atoms with Crippen molar-refractivity contribution in [3.63, 3.8) is 0 Å². The quantitative estimate of drug-likeness (QED) is 0.856. The van der Waals surface area contributed by atoms with Gasteiger partial charge in [0.05, 0.1) is 0 Å². The Morgan fingerprint density at radius 3 is 2.47 bits per heavy atom. The van der Waals surface area contributed by atoms with Crippen LogP contribution in [-0.4, -0.2) is 23.6 Å². The van der Waals surface area contributed by atoms with Gasteiger partial charge in [0, 0.05) is 31.9 Å². The number of nitrogens with zero attached hydrogens (tertiary/aromatic N) is 3. The molecule has 2 rings (SSSR count). The first-order valence-electron chi connectivity index (χ1n) is 6.26. The van der Waals surface area contributed by atoms with E-state index in [0.29, 0.717) is 12.4 Å². The number of nitrogens with two attached hydrogens (primary N) is 1. The van der Waals surface area contributed by atoms with E-state index in [1.165, 1.54) is 0 Å². The lowest BCUT2D eigenvalue weighted by Crippen LogP contribution is -2.08. The summed E-state index contributed by atoms with van der Waals surface area (Å²) in [6, 6.07) is 8.23. The van der Waals surface area contributed by atoms with Crippen molar-refractivity contribution in [2.45, 2.75) is 13.5 Å². The summed E-state index contributed by atoms with van der Waals surface area (Å²) in [6.45, 7) is 6.38. The van der Waals surface area contributed by atoms with Crippen molar-refractivity contribution >= 4 is 11.5 Å². The predicted octanol–water partition coefficient (Wildman–Crippen LogP) is 2.69. The first-order chi connectivity index (χ1) is 9.04. The topological polar surface area (TPSA) is 47.1 Å². The molecule has 0 aliphatic rings. The van der Waals surface area contributed by atoms with Crippen molar-refractivity contribution in [3.05, 3.63) is 42.7 Å². The van der Waals surface area contributed by atoms with Crippen LogP contribution in [0, 0.1) is 6.92 Å². The van der Waals surface area contributed by atoms with Crippen molar-refractivity contribution in [2.24, 2.45) is 0 Å². The molecule has 0 amide bonds. The van der Waals surface area contributed by atoms with E-state index in [0.717, 1.165) is 22.8 Å². The number of aryl methyl sites for hydroxylation is 1. The standard InChI is InChI=1S/C15H20N4/c1-5-10-19-11(2)17-14(15(19)16)12-6-8-13(9-7-12)18(3)4/h5-9H,1,10,16H2,2-4H3. The molecule has 19 heavy (non-hydrogen) atoms. The lowest BCUT2D eigenvalue weighted by Gasteiger charge is -2.12. The van der Waals surface area contributed by atoms with Crippen LogP contribution in [0.3, 0.4) is 0 Å². The lowest BCUT2D eigenvalue weighted by molar-refractivity contribution is 0.792. The van der Waals surface area contributed by atoms with Crippen LogP contribution in [0.2, 0.25) is 0 Å². The zero-order valence-corrected chi connectivity index (χ0v) is 11.7. The van der Waals surface area contributed by atoms with E-state index < -0.39 is 0 Å². The molecule has 4 heteroatoms. The molecule has 1 heterocycles. The summed E-state index contributed by atoms with van der Waals surface area (Å²) in [7, 11) is 4.04. The molecular formula is C15H20N4. The van der Waals surface area contributed by atoms with Crippen molar-refractivity contribution in [3.8, 4) is 11.3 Å². The molecular weight excluding hydrogens is 236 g/mol. The molecule has 2 aromatic rings. The smallest absolute Gasteiger partial charge is 0.132 e. The Morgan fingerprint density at radius 2 is 1.95 bits per heavy atom. The number of rotatable bonds is 4. The molecule has 0 aliphatic heterocycles. The van der Waals surface area contributed by atoms with Crippen molar-refractivity contribution < 1.29 is 0 Å². The number of aromatic nitrogens is 2. The Bertz CT molecular complexity index is 579. The van der Waals surface area contributed by atoms with Gasteiger partial charge in [-0.2, -0.15) is 0 Å². The van der Waals surface area contributed by atoms with Gasteiger partial charge in [0.1, 0.15) is 17.3 Å². The number of allylic oxidation sites excluding steroid dienone is 1. The van der Waals surface area contributed by atoms with Crippen LogP contribution >= 0.6 is 0 Å². The van der Waals surface area contributed by atoms with E-state index in [2.05, 4.69) is 28.6 Å². The highest BCUT2D eigenvalue weighted by molar-refractivity contribution is 5.72. The molecule has 0 saturated heterocycles. The van der Waals surface area contributed by atoms with Crippen LogP contribution < -0.4 is 10.6 Å². The minimum atomic E-state index is 0.681. The Hall–Kier alpha value is -2.23. The first kappa shape index (κ1) is 13.2. The maximum atomic E-state index is 6.16. The number of anilines is 2. The summed E-state index contributed by atoms with van der Waals surface area (Å²) in [5.41, 5.74) is 9.19. The van der Waals surface area contributed by atoms with Gasteiger partial charge in [0.2, 0.25) is 0 Å². The molecule has 0 fully saturated rings. The number of benzene rings is 1. The molecule has 0 spiro atoms. The van der Waals surface area contributed by atoms with Crippen molar-refractivity contribution in [1.29, 1.82) is 0 Å². The van der Waals surface area contributed by atoms with Gasteiger partial charge in [-0.3, -0.25) is 0 Å².